The van der Waals surface area contributed by atoms with E-state index in [1.807, 2.05) is 4.90 Å². The van der Waals surface area contributed by atoms with Crippen LogP contribution in [0.3, 0.4) is 0 Å². The van der Waals surface area contributed by atoms with Gasteiger partial charge in [-0.15, -0.1) is 0 Å². The number of likely N-dealkylation sites (tertiary alicyclic amines) is 1. The van der Waals surface area contributed by atoms with Gasteiger partial charge in [-0.2, -0.15) is 0 Å². The second kappa shape index (κ2) is 6.41. The molecule has 4 heteroatoms. The highest BCUT2D eigenvalue weighted by molar-refractivity contribution is 5.67. The highest BCUT2D eigenvalue weighted by Gasteiger charge is 2.31. The molecule has 2 atom stereocenters. The lowest BCUT2D eigenvalue weighted by molar-refractivity contribution is 0.0888. The summed E-state index contributed by atoms with van der Waals surface area (Å²) >= 11 is 0. The second-order valence-corrected chi connectivity index (χ2v) is 5.81. The van der Waals surface area contributed by atoms with Crippen molar-refractivity contribution in [1.82, 2.24) is 10.2 Å². The van der Waals surface area contributed by atoms with Crippen molar-refractivity contribution in [3.05, 3.63) is 0 Å². The van der Waals surface area contributed by atoms with Crippen LogP contribution in [0.25, 0.3) is 0 Å². The van der Waals surface area contributed by atoms with Gasteiger partial charge in [-0.1, -0.05) is 13.3 Å². The van der Waals surface area contributed by atoms with Gasteiger partial charge in [-0.05, 0) is 44.1 Å². The van der Waals surface area contributed by atoms with E-state index in [0.29, 0.717) is 12.0 Å². The Bertz CT molecular complexity index is 279. The second-order valence-electron chi connectivity index (χ2n) is 5.81. The maximum absolute atomic E-state index is 11.7. The summed E-state index contributed by atoms with van der Waals surface area (Å²) in [7, 11) is 1.47. The molecule has 104 valence electrons. The van der Waals surface area contributed by atoms with Gasteiger partial charge in [0.25, 0.3) is 0 Å². The Morgan fingerprint density at radius 3 is 2.72 bits per heavy atom. The average molecular weight is 254 g/mol. The zero-order valence-electron chi connectivity index (χ0n) is 11.7. The van der Waals surface area contributed by atoms with Crippen molar-refractivity contribution >= 4 is 6.09 Å². The van der Waals surface area contributed by atoms with E-state index in [1.54, 1.807) is 0 Å². The minimum atomic E-state index is -0.172. The van der Waals surface area contributed by atoms with Crippen molar-refractivity contribution < 1.29 is 9.53 Å². The fourth-order valence-electron chi connectivity index (χ4n) is 2.90. The van der Waals surface area contributed by atoms with E-state index >= 15 is 0 Å². The van der Waals surface area contributed by atoms with Crippen LogP contribution in [-0.2, 0) is 4.74 Å². The van der Waals surface area contributed by atoms with Crippen LogP contribution in [-0.4, -0.2) is 43.8 Å². The molecule has 0 aromatic rings. The lowest BCUT2D eigenvalue weighted by Gasteiger charge is -2.37. The summed E-state index contributed by atoms with van der Waals surface area (Å²) in [4.78, 5) is 13.6. The number of hydrogen-bond acceptors (Lipinski definition) is 3. The van der Waals surface area contributed by atoms with E-state index in [9.17, 15) is 4.79 Å². The van der Waals surface area contributed by atoms with E-state index in [4.69, 9.17) is 4.74 Å². The summed E-state index contributed by atoms with van der Waals surface area (Å²) in [5.41, 5.74) is 0. The molecule has 1 aliphatic carbocycles. The molecule has 0 bridgehead atoms. The molecule has 1 amide bonds. The van der Waals surface area contributed by atoms with Crippen molar-refractivity contribution in [3.8, 4) is 0 Å². The lowest BCUT2D eigenvalue weighted by Crippen LogP contribution is -2.51. The number of methoxy groups -OCH3 is 1. The Kier molecular flexibility index (Phi) is 4.87. The number of hydrogen-bond donors (Lipinski definition) is 1. The van der Waals surface area contributed by atoms with Crippen molar-refractivity contribution in [2.45, 2.75) is 45.1 Å². The van der Waals surface area contributed by atoms with Crippen molar-refractivity contribution in [2.75, 3.05) is 26.7 Å². The normalized spacial score (nSPS) is 28.2. The molecular formula is C14H26N2O2. The molecule has 2 rings (SSSR count). The summed E-state index contributed by atoms with van der Waals surface area (Å²) in [6.07, 6.45) is 6.17. The topological polar surface area (TPSA) is 41.6 Å². The maximum Gasteiger partial charge on any atom is 0.409 e. The Morgan fingerprint density at radius 2 is 2.11 bits per heavy atom. The molecule has 1 heterocycles. The van der Waals surface area contributed by atoms with Crippen LogP contribution >= 0.6 is 0 Å². The molecule has 2 aliphatic rings. The third-order valence-electron chi connectivity index (χ3n) is 4.06. The van der Waals surface area contributed by atoms with Crippen LogP contribution in [0.1, 0.15) is 39.0 Å². The Balaban J connectivity index is 1.85. The Morgan fingerprint density at radius 1 is 1.33 bits per heavy atom. The molecule has 0 radical (unpaired) electrons. The largest absolute Gasteiger partial charge is 0.453 e. The average Bonchev–Trinajstić information content (AvgIpc) is 3.19. The van der Waals surface area contributed by atoms with Gasteiger partial charge in [0.1, 0.15) is 0 Å². The number of piperidine rings is 1. The quantitative estimate of drug-likeness (QED) is 0.818. The van der Waals surface area contributed by atoms with Gasteiger partial charge in [-0.3, -0.25) is 0 Å². The molecular weight excluding hydrogens is 228 g/mol. The van der Waals surface area contributed by atoms with Crippen LogP contribution in [0.4, 0.5) is 4.79 Å². The predicted molar refractivity (Wildman–Crippen MR) is 71.5 cm³/mol. The van der Waals surface area contributed by atoms with Gasteiger partial charge in [-0.25, -0.2) is 4.79 Å². The summed E-state index contributed by atoms with van der Waals surface area (Å²) in [6.45, 7) is 5.00. The zero-order chi connectivity index (χ0) is 13.0. The van der Waals surface area contributed by atoms with E-state index in [2.05, 4.69) is 12.2 Å². The summed E-state index contributed by atoms with van der Waals surface area (Å²) < 4.78 is 4.86. The third-order valence-corrected chi connectivity index (χ3v) is 4.06. The number of rotatable bonds is 5. The minimum absolute atomic E-state index is 0.172. The number of carbonyl (C=O) groups excluding carboxylic acids is 1. The molecule has 0 aromatic carbocycles. The number of amides is 1. The van der Waals surface area contributed by atoms with Crippen molar-refractivity contribution in [2.24, 2.45) is 11.8 Å². The standard InChI is InChI=1S/C14H26N2O2/c1-3-4-12-7-13(15-8-11-5-6-11)10-16(9-12)14(17)18-2/h11-13,15H,3-10H2,1-2H3. The molecule has 18 heavy (non-hydrogen) atoms. The monoisotopic (exact) mass is 254 g/mol. The van der Waals surface area contributed by atoms with Gasteiger partial charge in [0.15, 0.2) is 0 Å². The summed E-state index contributed by atoms with van der Waals surface area (Å²) in [5, 5.41) is 3.63. The number of nitrogens with one attached hydrogen (secondary N) is 1. The van der Waals surface area contributed by atoms with Crippen molar-refractivity contribution in [1.29, 1.82) is 0 Å². The van der Waals surface area contributed by atoms with Crippen LogP contribution in [0.15, 0.2) is 0 Å². The molecule has 1 N–H and O–H groups in total. The first-order valence-corrected chi connectivity index (χ1v) is 7.29. The molecule has 1 aliphatic heterocycles. The van der Waals surface area contributed by atoms with Crippen LogP contribution < -0.4 is 5.32 Å². The molecule has 1 saturated heterocycles. The van der Waals surface area contributed by atoms with E-state index in [-0.39, 0.29) is 6.09 Å². The number of nitrogens with zero attached hydrogens (tertiary/aromatic N) is 1. The van der Waals surface area contributed by atoms with Gasteiger partial charge < -0.3 is 15.0 Å². The van der Waals surface area contributed by atoms with E-state index < -0.39 is 0 Å². The van der Waals surface area contributed by atoms with Crippen LogP contribution in [0.5, 0.6) is 0 Å². The highest BCUT2D eigenvalue weighted by atomic mass is 16.5. The number of ether oxygens (including phenoxy) is 1. The van der Waals surface area contributed by atoms with Gasteiger partial charge in [0, 0.05) is 19.1 Å². The first kappa shape index (κ1) is 13.7. The SMILES string of the molecule is CCCC1CC(NCC2CC2)CN(C(=O)OC)C1. The lowest BCUT2D eigenvalue weighted by atomic mass is 9.90. The minimum Gasteiger partial charge on any atom is -0.453 e. The smallest absolute Gasteiger partial charge is 0.409 e. The molecule has 2 fully saturated rings. The van der Waals surface area contributed by atoms with Crippen molar-refractivity contribution in [3.63, 3.8) is 0 Å². The number of carbonyl (C=O) groups is 1. The third kappa shape index (κ3) is 3.87. The molecule has 0 spiro atoms. The molecule has 2 unspecified atom stereocenters. The summed E-state index contributed by atoms with van der Waals surface area (Å²) in [6, 6.07) is 0.454. The van der Waals surface area contributed by atoms with Gasteiger partial charge >= 0.3 is 6.09 Å². The van der Waals surface area contributed by atoms with E-state index in [0.717, 1.165) is 25.6 Å². The fourth-order valence-corrected chi connectivity index (χ4v) is 2.90. The highest BCUT2D eigenvalue weighted by Crippen LogP contribution is 2.28. The zero-order valence-corrected chi connectivity index (χ0v) is 11.7. The molecule has 4 nitrogen and oxygen atoms in total. The Hall–Kier alpha value is -0.770. The first-order chi connectivity index (χ1) is 8.72. The molecule has 0 aromatic heterocycles. The van der Waals surface area contributed by atoms with Crippen LogP contribution in [0.2, 0.25) is 0 Å². The van der Waals surface area contributed by atoms with Crippen LogP contribution in [0, 0.1) is 11.8 Å². The van der Waals surface area contributed by atoms with Gasteiger partial charge in [0.2, 0.25) is 0 Å². The predicted octanol–water partition coefficient (Wildman–Crippen LogP) is 2.24. The Labute approximate surface area is 110 Å². The fraction of sp³-hybridized carbons (Fsp3) is 0.929. The maximum atomic E-state index is 11.7. The van der Waals surface area contributed by atoms with E-state index in [1.165, 1.54) is 39.2 Å². The summed E-state index contributed by atoms with van der Waals surface area (Å²) in [5.74, 6) is 1.52. The first-order valence-electron chi connectivity index (χ1n) is 7.29. The van der Waals surface area contributed by atoms with Gasteiger partial charge in [0.05, 0.1) is 7.11 Å². The molecule has 1 saturated carbocycles.